The Balaban J connectivity index is 1.99. The fraction of sp³-hybridized carbons (Fsp3) is 0.870. The lowest BCUT2D eigenvalue weighted by atomic mass is 10.0. The number of ether oxygens (including phenoxy) is 3. The van der Waals surface area contributed by atoms with Crippen LogP contribution in [0.4, 0.5) is 0 Å². The van der Waals surface area contributed by atoms with Crippen molar-refractivity contribution >= 4 is 5.97 Å². The van der Waals surface area contributed by atoms with E-state index in [4.69, 9.17) is 14.2 Å². The Morgan fingerprint density at radius 2 is 1.74 bits per heavy atom. The molecule has 1 rings (SSSR count). The summed E-state index contributed by atoms with van der Waals surface area (Å²) in [6, 6.07) is 0.107. The highest BCUT2D eigenvalue weighted by Gasteiger charge is 2.42. The third kappa shape index (κ3) is 12.0. The number of nitrogens with one attached hydrogen (secondary N) is 1. The molecule has 0 bridgehead atoms. The molecule has 1 aliphatic heterocycles. The van der Waals surface area contributed by atoms with E-state index in [2.05, 4.69) is 11.9 Å². The van der Waals surface area contributed by atoms with Crippen molar-refractivity contribution in [2.75, 3.05) is 19.8 Å². The average molecular weight is 446 g/mol. The van der Waals surface area contributed by atoms with Gasteiger partial charge in [-0.25, -0.2) is 0 Å². The summed E-state index contributed by atoms with van der Waals surface area (Å²) in [5.74, 6) is -0.170. The van der Waals surface area contributed by atoms with Gasteiger partial charge in [0.15, 0.2) is 6.29 Å². The first-order chi connectivity index (χ1) is 14.9. The molecular formula is C23H43NO7. The molecule has 0 radical (unpaired) electrons. The van der Waals surface area contributed by atoms with E-state index in [9.17, 15) is 20.1 Å². The number of allylic oxidation sites excluding steroid dienone is 1. The topological polar surface area (TPSA) is 117 Å². The Kier molecular flexibility index (Phi) is 15.0. The van der Waals surface area contributed by atoms with E-state index in [1.54, 1.807) is 6.92 Å². The van der Waals surface area contributed by atoms with Crippen LogP contribution < -0.4 is 5.32 Å². The zero-order chi connectivity index (χ0) is 23.1. The summed E-state index contributed by atoms with van der Waals surface area (Å²) in [5.41, 5.74) is 0. The molecule has 0 saturated carbocycles. The van der Waals surface area contributed by atoms with Crippen LogP contribution in [-0.2, 0) is 19.0 Å². The minimum Gasteiger partial charge on any atom is -0.466 e. The Morgan fingerprint density at radius 1 is 1.06 bits per heavy atom. The van der Waals surface area contributed by atoms with E-state index in [0.29, 0.717) is 26.0 Å². The molecule has 0 aromatic carbocycles. The van der Waals surface area contributed by atoms with Crippen LogP contribution in [0.1, 0.15) is 71.6 Å². The molecule has 182 valence electrons. The number of aliphatic hydroxyl groups is 3. The highest BCUT2D eigenvalue weighted by atomic mass is 16.7. The molecule has 0 aliphatic carbocycles. The standard InChI is InChI=1S/C23H43NO7/c1-4-5-6-7-8-9-10-11-15-29-19(25)13-12-17(2)24-14-16-30-23-22(28)21(27)20(26)18(3)31-23/h4,17-18,20-24,26-28H,1,5-16H2,2-3H3/t17?,18-,20+,21+,22-,23+/m0/s1. The molecule has 0 aromatic rings. The van der Waals surface area contributed by atoms with Gasteiger partial charge in [-0.1, -0.05) is 31.8 Å². The molecule has 8 nitrogen and oxygen atoms in total. The van der Waals surface area contributed by atoms with Crippen molar-refractivity contribution in [1.82, 2.24) is 5.32 Å². The van der Waals surface area contributed by atoms with Gasteiger partial charge in [-0.3, -0.25) is 4.79 Å². The maximum atomic E-state index is 11.8. The smallest absolute Gasteiger partial charge is 0.305 e. The molecule has 4 N–H and O–H groups in total. The minimum absolute atomic E-state index is 0.107. The summed E-state index contributed by atoms with van der Waals surface area (Å²) in [7, 11) is 0. The van der Waals surface area contributed by atoms with Gasteiger partial charge in [0.25, 0.3) is 0 Å². The normalized spacial score (nSPS) is 27.1. The van der Waals surface area contributed by atoms with Gasteiger partial charge in [0, 0.05) is 19.0 Å². The highest BCUT2D eigenvalue weighted by molar-refractivity contribution is 5.69. The summed E-state index contributed by atoms with van der Waals surface area (Å²) in [6.45, 7) is 8.57. The van der Waals surface area contributed by atoms with Crippen LogP contribution in [0.15, 0.2) is 12.7 Å². The second-order valence-corrected chi connectivity index (χ2v) is 8.37. The lowest BCUT2D eigenvalue weighted by Gasteiger charge is -2.38. The van der Waals surface area contributed by atoms with Crippen LogP contribution in [0.3, 0.4) is 0 Å². The fourth-order valence-corrected chi connectivity index (χ4v) is 3.42. The van der Waals surface area contributed by atoms with Crippen molar-refractivity contribution in [3.63, 3.8) is 0 Å². The molecule has 1 saturated heterocycles. The number of carbonyl (C=O) groups excluding carboxylic acids is 1. The quantitative estimate of drug-likeness (QED) is 0.153. The maximum Gasteiger partial charge on any atom is 0.305 e. The predicted octanol–water partition coefficient (Wildman–Crippen LogP) is 2.05. The molecule has 1 aliphatic rings. The van der Waals surface area contributed by atoms with Crippen LogP contribution >= 0.6 is 0 Å². The molecule has 0 spiro atoms. The number of esters is 1. The van der Waals surface area contributed by atoms with Crippen molar-refractivity contribution in [1.29, 1.82) is 0 Å². The van der Waals surface area contributed by atoms with Crippen LogP contribution in [-0.4, -0.2) is 77.8 Å². The molecule has 0 amide bonds. The molecule has 6 atom stereocenters. The van der Waals surface area contributed by atoms with E-state index in [1.165, 1.54) is 25.7 Å². The summed E-state index contributed by atoms with van der Waals surface area (Å²) < 4.78 is 16.1. The SMILES string of the molecule is C=CCCCCCCCCOC(=O)CCC(C)NCCO[C@@H]1O[C@@H](C)[C@@H](O)[C@@H](O)[C@@H]1O. The molecule has 0 aromatic heterocycles. The van der Waals surface area contributed by atoms with Gasteiger partial charge in [-0.15, -0.1) is 6.58 Å². The van der Waals surface area contributed by atoms with Gasteiger partial charge in [0.05, 0.1) is 19.3 Å². The number of aliphatic hydroxyl groups excluding tert-OH is 3. The first-order valence-corrected chi connectivity index (χ1v) is 11.7. The fourth-order valence-electron chi connectivity index (χ4n) is 3.42. The first-order valence-electron chi connectivity index (χ1n) is 11.7. The molecular weight excluding hydrogens is 402 g/mol. The summed E-state index contributed by atoms with van der Waals surface area (Å²) in [5, 5.41) is 32.6. The van der Waals surface area contributed by atoms with E-state index in [-0.39, 0.29) is 18.6 Å². The Morgan fingerprint density at radius 3 is 2.45 bits per heavy atom. The third-order valence-electron chi connectivity index (χ3n) is 5.53. The van der Waals surface area contributed by atoms with Crippen molar-refractivity contribution < 1.29 is 34.3 Å². The number of hydrogen-bond donors (Lipinski definition) is 4. The van der Waals surface area contributed by atoms with Gasteiger partial charge in [0.1, 0.15) is 18.3 Å². The van der Waals surface area contributed by atoms with Gasteiger partial charge in [-0.05, 0) is 39.5 Å². The second kappa shape index (κ2) is 16.6. The zero-order valence-electron chi connectivity index (χ0n) is 19.2. The van der Waals surface area contributed by atoms with E-state index in [0.717, 1.165) is 19.3 Å². The summed E-state index contributed by atoms with van der Waals surface area (Å²) in [6.07, 6.45) is 5.59. The average Bonchev–Trinajstić information content (AvgIpc) is 2.75. The van der Waals surface area contributed by atoms with Crippen molar-refractivity contribution in [2.24, 2.45) is 0 Å². The first kappa shape index (κ1) is 28.0. The molecule has 31 heavy (non-hydrogen) atoms. The van der Waals surface area contributed by atoms with Crippen molar-refractivity contribution in [3.8, 4) is 0 Å². The Bertz CT molecular complexity index is 491. The second-order valence-electron chi connectivity index (χ2n) is 8.37. The van der Waals surface area contributed by atoms with Crippen LogP contribution in [0, 0.1) is 0 Å². The molecule has 1 heterocycles. The highest BCUT2D eigenvalue weighted by Crippen LogP contribution is 2.21. The van der Waals surface area contributed by atoms with Gasteiger partial charge in [-0.2, -0.15) is 0 Å². The van der Waals surface area contributed by atoms with E-state index >= 15 is 0 Å². The summed E-state index contributed by atoms with van der Waals surface area (Å²) in [4.78, 5) is 11.8. The molecule has 8 heteroatoms. The lowest BCUT2D eigenvalue weighted by Crippen LogP contribution is -2.57. The van der Waals surface area contributed by atoms with Gasteiger partial charge >= 0.3 is 5.97 Å². The van der Waals surface area contributed by atoms with E-state index in [1.807, 2.05) is 13.0 Å². The number of carbonyl (C=O) groups is 1. The summed E-state index contributed by atoms with van der Waals surface area (Å²) >= 11 is 0. The number of unbranched alkanes of at least 4 members (excludes halogenated alkanes) is 6. The molecule has 1 fully saturated rings. The van der Waals surface area contributed by atoms with Crippen LogP contribution in [0.5, 0.6) is 0 Å². The number of hydrogen-bond acceptors (Lipinski definition) is 8. The van der Waals surface area contributed by atoms with Crippen LogP contribution in [0.2, 0.25) is 0 Å². The predicted molar refractivity (Wildman–Crippen MR) is 118 cm³/mol. The van der Waals surface area contributed by atoms with Crippen molar-refractivity contribution in [3.05, 3.63) is 12.7 Å². The zero-order valence-corrected chi connectivity index (χ0v) is 19.2. The van der Waals surface area contributed by atoms with Gasteiger partial charge in [0.2, 0.25) is 0 Å². The monoisotopic (exact) mass is 445 g/mol. The third-order valence-corrected chi connectivity index (χ3v) is 5.53. The van der Waals surface area contributed by atoms with Gasteiger partial charge < -0.3 is 34.8 Å². The maximum absolute atomic E-state index is 11.8. The largest absolute Gasteiger partial charge is 0.466 e. The van der Waals surface area contributed by atoms with Crippen LogP contribution in [0.25, 0.3) is 0 Å². The Hall–Kier alpha value is -1.03. The van der Waals surface area contributed by atoms with E-state index < -0.39 is 30.7 Å². The molecule has 1 unspecified atom stereocenters. The van der Waals surface area contributed by atoms with Crippen molar-refractivity contribution in [2.45, 2.75) is 108 Å². The number of rotatable bonds is 17. The lowest BCUT2D eigenvalue weighted by molar-refractivity contribution is -0.292. The minimum atomic E-state index is -1.30. The Labute approximate surface area is 187 Å².